The summed E-state index contributed by atoms with van der Waals surface area (Å²) in [5, 5.41) is 23.6. The second-order valence-corrected chi connectivity index (χ2v) is 6.98. The molecule has 0 rings (SSSR count). The molecule has 8 heteroatoms. The molecule has 0 aromatic carbocycles. The predicted octanol–water partition coefficient (Wildman–Crippen LogP) is -3.98. The maximum Gasteiger partial charge on any atom is 1.00 e. The fourth-order valence-electron chi connectivity index (χ4n) is 2.78. The van der Waals surface area contributed by atoms with Crippen LogP contribution in [0.4, 0.5) is 0 Å². The summed E-state index contributed by atoms with van der Waals surface area (Å²) in [7, 11) is 0. The van der Waals surface area contributed by atoms with E-state index in [1.54, 1.807) is 0 Å². The summed E-state index contributed by atoms with van der Waals surface area (Å²) < 4.78 is 0. The zero-order chi connectivity index (χ0) is 20.3. The van der Waals surface area contributed by atoms with Crippen molar-refractivity contribution in [3.8, 4) is 0 Å². The summed E-state index contributed by atoms with van der Waals surface area (Å²) in [4.78, 5) is 33.0. The number of unbranched alkanes of at least 4 members (excludes halogenated alkanes) is 9. The topological polar surface area (TPSA) is 109 Å². The number of carboxylic acid groups (broad SMARTS) is 2. The summed E-state index contributed by atoms with van der Waals surface area (Å²) in [6, 6.07) is -1.27. The Balaban J connectivity index is -0.00000338. The van der Waals surface area contributed by atoms with E-state index in [0.29, 0.717) is 6.42 Å². The smallest absolute Gasteiger partial charge is 0.550 e. The van der Waals surface area contributed by atoms with E-state index in [-0.39, 0.29) is 77.9 Å². The minimum absolute atomic E-state index is 0. The van der Waals surface area contributed by atoms with Crippen LogP contribution < -0.4 is 74.6 Å². The fraction of sp³-hybridized carbons (Fsp3) is 0.762. The second kappa shape index (κ2) is 24.4. The molecule has 0 fully saturated rings. The van der Waals surface area contributed by atoms with Gasteiger partial charge in [0.2, 0.25) is 5.91 Å². The van der Waals surface area contributed by atoms with Gasteiger partial charge in [-0.25, -0.2) is 0 Å². The van der Waals surface area contributed by atoms with Crippen molar-refractivity contribution in [1.82, 2.24) is 5.32 Å². The van der Waals surface area contributed by atoms with Gasteiger partial charge in [-0.15, -0.1) is 0 Å². The maximum absolute atomic E-state index is 11.7. The molecule has 0 saturated carbocycles. The van der Waals surface area contributed by atoms with Gasteiger partial charge >= 0.3 is 59.1 Å². The first-order chi connectivity index (χ1) is 13.0. The molecule has 1 amide bonds. The van der Waals surface area contributed by atoms with Crippen molar-refractivity contribution in [2.24, 2.45) is 0 Å². The first kappa shape index (κ1) is 33.8. The SMILES string of the molecule is CCCCCC/C=C\CCCCCCCC(=O)N[C@@H](CCC(=O)[O-])C(=O)[O-].[Na+].[Na+]. The van der Waals surface area contributed by atoms with Crippen LogP contribution >= 0.6 is 0 Å². The van der Waals surface area contributed by atoms with Crippen LogP contribution in [-0.2, 0) is 14.4 Å². The van der Waals surface area contributed by atoms with Gasteiger partial charge in [0.1, 0.15) is 0 Å². The van der Waals surface area contributed by atoms with Crippen molar-refractivity contribution in [3.05, 3.63) is 12.2 Å². The summed E-state index contributed by atoms with van der Waals surface area (Å²) in [6.45, 7) is 2.22. The minimum Gasteiger partial charge on any atom is -0.550 e. The van der Waals surface area contributed by atoms with Crippen LogP contribution in [0.25, 0.3) is 0 Å². The van der Waals surface area contributed by atoms with Crippen LogP contribution in [0.1, 0.15) is 96.8 Å². The van der Waals surface area contributed by atoms with Crippen LogP contribution in [0.3, 0.4) is 0 Å². The minimum atomic E-state index is -1.47. The van der Waals surface area contributed by atoms with Gasteiger partial charge in [-0.3, -0.25) is 4.79 Å². The fourth-order valence-corrected chi connectivity index (χ4v) is 2.78. The molecule has 1 atom stereocenters. The summed E-state index contributed by atoms with van der Waals surface area (Å²) in [5.74, 6) is -3.20. The van der Waals surface area contributed by atoms with Crippen LogP contribution in [0.5, 0.6) is 0 Å². The molecule has 0 unspecified atom stereocenters. The first-order valence-electron chi connectivity index (χ1n) is 10.3. The van der Waals surface area contributed by atoms with E-state index in [1.807, 2.05) is 0 Å². The number of allylic oxidation sites excluding steroid dienone is 2. The normalized spacial score (nSPS) is 11.3. The van der Waals surface area contributed by atoms with Gasteiger partial charge in [-0.2, -0.15) is 0 Å². The average Bonchev–Trinajstić information content (AvgIpc) is 2.62. The first-order valence-corrected chi connectivity index (χ1v) is 10.3. The van der Waals surface area contributed by atoms with Gasteiger partial charge in [0.15, 0.2) is 0 Å². The number of carbonyl (C=O) groups excluding carboxylic acids is 3. The third-order valence-electron chi connectivity index (χ3n) is 4.42. The zero-order valence-corrected chi connectivity index (χ0v) is 22.7. The van der Waals surface area contributed by atoms with E-state index in [1.165, 1.54) is 32.1 Å². The number of carboxylic acids is 2. The molecule has 0 aliphatic heterocycles. The van der Waals surface area contributed by atoms with E-state index in [9.17, 15) is 24.6 Å². The van der Waals surface area contributed by atoms with E-state index >= 15 is 0 Å². The van der Waals surface area contributed by atoms with Gasteiger partial charge in [-0.1, -0.05) is 57.6 Å². The molecule has 0 aliphatic rings. The van der Waals surface area contributed by atoms with Crippen molar-refractivity contribution < 1.29 is 83.7 Å². The molecule has 0 spiro atoms. The molecule has 0 aromatic heterocycles. The van der Waals surface area contributed by atoms with Crippen LogP contribution in [0.2, 0.25) is 0 Å². The number of hydrogen-bond acceptors (Lipinski definition) is 5. The van der Waals surface area contributed by atoms with Crippen LogP contribution in [0, 0.1) is 0 Å². The Morgan fingerprint density at radius 1 is 0.793 bits per heavy atom. The third-order valence-corrected chi connectivity index (χ3v) is 4.42. The Morgan fingerprint density at radius 3 is 1.83 bits per heavy atom. The molecule has 0 bridgehead atoms. The van der Waals surface area contributed by atoms with Crippen molar-refractivity contribution in [2.45, 2.75) is 103 Å². The average molecular weight is 427 g/mol. The Kier molecular flexibility index (Phi) is 28.4. The molecule has 0 heterocycles. The van der Waals surface area contributed by atoms with Crippen molar-refractivity contribution in [3.63, 3.8) is 0 Å². The van der Waals surface area contributed by atoms with Crippen molar-refractivity contribution in [1.29, 1.82) is 0 Å². The monoisotopic (exact) mass is 427 g/mol. The molecular formula is C21H35NNa2O5. The van der Waals surface area contributed by atoms with Gasteiger partial charge in [-0.05, 0) is 44.9 Å². The van der Waals surface area contributed by atoms with Gasteiger partial charge in [0, 0.05) is 12.4 Å². The van der Waals surface area contributed by atoms with E-state index in [4.69, 9.17) is 0 Å². The number of aliphatic carboxylic acids is 2. The Labute approximate surface area is 220 Å². The number of rotatable bonds is 18. The molecule has 0 radical (unpaired) electrons. The third kappa shape index (κ3) is 24.3. The predicted molar refractivity (Wildman–Crippen MR) is 101 cm³/mol. The standard InChI is InChI=1S/C21H37NO5.2Na/c1-2-3-4-5-6-7-8-9-10-11-12-13-14-15-19(23)22-18(21(26)27)16-17-20(24)25;;/h7-8,18H,2-6,9-17H2,1H3,(H,22,23)(H,24,25)(H,26,27);;/q;2*+1/p-2/b8-7-;;/t18-;;/m0../s1. The second-order valence-electron chi connectivity index (χ2n) is 6.98. The summed E-state index contributed by atoms with van der Waals surface area (Å²) >= 11 is 0. The molecule has 6 nitrogen and oxygen atoms in total. The number of amides is 1. The van der Waals surface area contributed by atoms with Gasteiger partial charge < -0.3 is 25.1 Å². The Hall–Kier alpha value is 0.150. The molecule has 0 saturated heterocycles. The van der Waals surface area contributed by atoms with Gasteiger partial charge in [0.25, 0.3) is 0 Å². The van der Waals surface area contributed by atoms with E-state index in [0.717, 1.165) is 32.1 Å². The van der Waals surface area contributed by atoms with Crippen molar-refractivity contribution >= 4 is 17.8 Å². The molecular weight excluding hydrogens is 392 g/mol. The molecule has 156 valence electrons. The number of hydrogen-bond donors (Lipinski definition) is 1. The van der Waals surface area contributed by atoms with E-state index in [2.05, 4.69) is 24.4 Å². The van der Waals surface area contributed by atoms with Crippen molar-refractivity contribution in [2.75, 3.05) is 0 Å². The zero-order valence-electron chi connectivity index (χ0n) is 18.7. The summed E-state index contributed by atoms with van der Waals surface area (Å²) in [5.41, 5.74) is 0. The quantitative estimate of drug-likeness (QED) is 0.136. The summed E-state index contributed by atoms with van der Waals surface area (Å²) in [6.07, 6.45) is 16.5. The maximum atomic E-state index is 11.7. The van der Waals surface area contributed by atoms with Crippen LogP contribution in [0.15, 0.2) is 12.2 Å². The molecule has 0 aliphatic carbocycles. The van der Waals surface area contributed by atoms with Crippen LogP contribution in [-0.4, -0.2) is 23.9 Å². The van der Waals surface area contributed by atoms with E-state index < -0.39 is 24.4 Å². The number of nitrogens with one attached hydrogen (secondary N) is 1. The Morgan fingerprint density at radius 2 is 1.31 bits per heavy atom. The largest absolute Gasteiger partial charge is 1.00 e. The molecule has 1 N–H and O–H groups in total. The van der Waals surface area contributed by atoms with Gasteiger partial charge in [0.05, 0.1) is 12.0 Å². The molecule has 29 heavy (non-hydrogen) atoms. The number of carbonyl (C=O) groups is 3. The Bertz CT molecular complexity index is 458. The molecule has 0 aromatic rings.